The Bertz CT molecular complexity index is 415. The number of hydrogen-bond donors (Lipinski definition) is 0. The van der Waals surface area contributed by atoms with Gasteiger partial charge in [-0.05, 0) is 50.6 Å². The molecule has 0 aliphatic rings. The summed E-state index contributed by atoms with van der Waals surface area (Å²) in [4.78, 5) is 2.29. The second-order valence-corrected chi connectivity index (χ2v) is 5.61. The molecule has 0 radical (unpaired) electrons. The lowest BCUT2D eigenvalue weighted by Gasteiger charge is -2.36. The summed E-state index contributed by atoms with van der Waals surface area (Å²) in [6.07, 6.45) is 2.87. The van der Waals surface area contributed by atoms with Crippen molar-refractivity contribution >= 4 is 11.6 Å². The molecule has 1 rings (SSSR count). The second-order valence-electron chi connectivity index (χ2n) is 5.18. The van der Waals surface area contributed by atoms with Crippen LogP contribution in [0.1, 0.15) is 39.2 Å². The zero-order chi connectivity index (χ0) is 14.3. The van der Waals surface area contributed by atoms with Crippen LogP contribution in [0.5, 0.6) is 0 Å². The quantitative estimate of drug-likeness (QED) is 0.744. The Hall–Kier alpha value is -1.04. The van der Waals surface area contributed by atoms with Gasteiger partial charge in [0.15, 0.2) is 0 Å². The van der Waals surface area contributed by atoms with Crippen LogP contribution >= 0.6 is 11.6 Å². The normalized spacial score (nSPS) is 14.1. The second kappa shape index (κ2) is 7.53. The van der Waals surface area contributed by atoms with Gasteiger partial charge in [0.25, 0.3) is 0 Å². The van der Waals surface area contributed by atoms with Crippen LogP contribution in [0.4, 0.5) is 0 Å². The van der Waals surface area contributed by atoms with Gasteiger partial charge >= 0.3 is 0 Å². The molecular formula is C16H23ClN2. The fourth-order valence-corrected chi connectivity index (χ4v) is 2.49. The Labute approximate surface area is 122 Å². The van der Waals surface area contributed by atoms with Crippen LogP contribution in [-0.4, -0.2) is 23.5 Å². The van der Waals surface area contributed by atoms with Crippen LogP contribution in [0, 0.1) is 11.3 Å². The average Bonchev–Trinajstić information content (AvgIpc) is 2.41. The Morgan fingerprint density at radius 3 is 2.11 bits per heavy atom. The zero-order valence-corrected chi connectivity index (χ0v) is 12.9. The minimum absolute atomic E-state index is 0.445. The molecule has 0 saturated heterocycles. The lowest BCUT2D eigenvalue weighted by atomic mass is 9.92. The first kappa shape index (κ1) is 16.0. The van der Waals surface area contributed by atoms with Crippen molar-refractivity contribution in [3.8, 4) is 6.07 Å². The number of hydrogen-bond acceptors (Lipinski definition) is 2. The highest BCUT2D eigenvalue weighted by molar-refractivity contribution is 6.30. The molecule has 104 valence electrons. The third-order valence-corrected chi connectivity index (χ3v) is 3.64. The van der Waals surface area contributed by atoms with Gasteiger partial charge in [0.1, 0.15) is 5.54 Å². The molecule has 3 heteroatoms. The van der Waals surface area contributed by atoms with E-state index in [4.69, 9.17) is 11.6 Å². The summed E-state index contributed by atoms with van der Waals surface area (Å²) in [5, 5.41) is 10.3. The molecule has 0 bridgehead atoms. The predicted molar refractivity (Wildman–Crippen MR) is 81.3 cm³/mol. The van der Waals surface area contributed by atoms with E-state index in [1.165, 1.54) is 0 Å². The Balaban J connectivity index is 2.89. The summed E-state index contributed by atoms with van der Waals surface area (Å²) >= 11 is 5.90. The first-order valence-corrected chi connectivity index (χ1v) is 7.34. The molecule has 1 aromatic rings. The van der Waals surface area contributed by atoms with E-state index in [0.29, 0.717) is 0 Å². The van der Waals surface area contributed by atoms with Crippen molar-refractivity contribution in [3.05, 3.63) is 34.9 Å². The summed E-state index contributed by atoms with van der Waals surface area (Å²) in [6, 6.07) is 10.3. The summed E-state index contributed by atoms with van der Waals surface area (Å²) < 4.78 is 0. The first-order valence-electron chi connectivity index (χ1n) is 6.96. The molecule has 0 spiro atoms. The molecule has 0 N–H and O–H groups in total. The maximum atomic E-state index is 9.61. The maximum Gasteiger partial charge on any atom is 0.110 e. The highest BCUT2D eigenvalue weighted by atomic mass is 35.5. The third kappa shape index (κ3) is 4.53. The van der Waals surface area contributed by atoms with Crippen molar-refractivity contribution in [1.29, 1.82) is 5.26 Å². The molecule has 2 nitrogen and oxygen atoms in total. The van der Waals surface area contributed by atoms with E-state index in [2.05, 4.69) is 24.8 Å². The molecule has 1 atom stereocenters. The number of halogens is 1. The van der Waals surface area contributed by atoms with Crippen molar-refractivity contribution in [3.63, 3.8) is 0 Å². The Morgan fingerprint density at radius 2 is 1.68 bits per heavy atom. The molecule has 0 aliphatic carbocycles. The fourth-order valence-electron chi connectivity index (χ4n) is 2.37. The Morgan fingerprint density at radius 1 is 1.16 bits per heavy atom. The van der Waals surface area contributed by atoms with E-state index in [-0.39, 0.29) is 0 Å². The highest BCUT2D eigenvalue weighted by Gasteiger charge is 2.31. The van der Waals surface area contributed by atoms with Crippen LogP contribution in [0.2, 0.25) is 5.02 Å². The van der Waals surface area contributed by atoms with Crippen molar-refractivity contribution in [2.45, 2.75) is 45.6 Å². The number of rotatable bonds is 7. The Kier molecular flexibility index (Phi) is 6.34. The van der Waals surface area contributed by atoms with Crippen LogP contribution in [0.15, 0.2) is 24.3 Å². The summed E-state index contributed by atoms with van der Waals surface area (Å²) in [6.45, 7) is 8.27. The van der Waals surface area contributed by atoms with Crippen LogP contribution in [0.3, 0.4) is 0 Å². The van der Waals surface area contributed by atoms with Gasteiger partial charge in [-0.15, -0.1) is 0 Å². The van der Waals surface area contributed by atoms with Crippen molar-refractivity contribution in [2.75, 3.05) is 13.1 Å². The average molecular weight is 279 g/mol. The van der Waals surface area contributed by atoms with Gasteiger partial charge in [-0.25, -0.2) is 0 Å². The smallest absolute Gasteiger partial charge is 0.110 e. The van der Waals surface area contributed by atoms with Gasteiger partial charge in [0.05, 0.1) is 6.07 Å². The molecule has 0 heterocycles. The minimum Gasteiger partial charge on any atom is -0.286 e. The van der Waals surface area contributed by atoms with Crippen LogP contribution < -0.4 is 0 Å². The number of benzene rings is 1. The summed E-state index contributed by atoms with van der Waals surface area (Å²) in [5.41, 5.74) is 0.713. The van der Waals surface area contributed by atoms with E-state index in [1.807, 2.05) is 31.2 Å². The summed E-state index contributed by atoms with van der Waals surface area (Å²) in [5.74, 6) is 0. The van der Waals surface area contributed by atoms with Crippen LogP contribution in [-0.2, 0) is 6.42 Å². The molecule has 1 unspecified atom stereocenters. The van der Waals surface area contributed by atoms with Crippen molar-refractivity contribution in [2.24, 2.45) is 0 Å². The number of nitrogens with zero attached hydrogens (tertiary/aromatic N) is 2. The zero-order valence-electron chi connectivity index (χ0n) is 12.1. The lowest BCUT2D eigenvalue weighted by Crippen LogP contribution is -2.47. The first-order chi connectivity index (χ1) is 9.05. The fraction of sp³-hybridized carbons (Fsp3) is 0.562. The highest BCUT2D eigenvalue weighted by Crippen LogP contribution is 2.22. The van der Waals surface area contributed by atoms with Crippen molar-refractivity contribution < 1.29 is 0 Å². The molecule has 0 fully saturated rings. The third-order valence-electron chi connectivity index (χ3n) is 3.39. The van der Waals surface area contributed by atoms with E-state index < -0.39 is 5.54 Å². The summed E-state index contributed by atoms with van der Waals surface area (Å²) in [7, 11) is 0. The molecule has 19 heavy (non-hydrogen) atoms. The largest absolute Gasteiger partial charge is 0.286 e. The van der Waals surface area contributed by atoms with Gasteiger partial charge < -0.3 is 0 Å². The molecular weight excluding hydrogens is 256 g/mol. The van der Waals surface area contributed by atoms with E-state index in [9.17, 15) is 5.26 Å². The number of nitriles is 1. The van der Waals surface area contributed by atoms with Crippen molar-refractivity contribution in [1.82, 2.24) is 4.90 Å². The van der Waals surface area contributed by atoms with Gasteiger partial charge in [-0.2, -0.15) is 5.26 Å². The molecule has 0 aromatic heterocycles. The van der Waals surface area contributed by atoms with Gasteiger partial charge in [0.2, 0.25) is 0 Å². The van der Waals surface area contributed by atoms with Gasteiger partial charge in [-0.3, -0.25) is 4.90 Å². The van der Waals surface area contributed by atoms with Crippen LogP contribution in [0.25, 0.3) is 0 Å². The standard InChI is InChI=1S/C16H23ClN2/c1-4-10-19(11-5-2)16(3,13-18)12-14-6-8-15(17)9-7-14/h6-9H,4-5,10-12H2,1-3H3. The molecule has 0 saturated carbocycles. The predicted octanol–water partition coefficient (Wildman–Crippen LogP) is 4.29. The topological polar surface area (TPSA) is 27.0 Å². The molecule has 1 aromatic carbocycles. The van der Waals surface area contributed by atoms with Gasteiger partial charge in [-0.1, -0.05) is 37.6 Å². The van der Waals surface area contributed by atoms with E-state index >= 15 is 0 Å². The SMILES string of the molecule is CCCN(CCC)C(C)(C#N)Cc1ccc(Cl)cc1. The minimum atomic E-state index is -0.445. The molecule has 0 amide bonds. The maximum absolute atomic E-state index is 9.61. The van der Waals surface area contributed by atoms with Gasteiger partial charge in [0, 0.05) is 11.4 Å². The lowest BCUT2D eigenvalue weighted by molar-refractivity contribution is 0.151. The monoisotopic (exact) mass is 278 g/mol. The van der Waals surface area contributed by atoms with E-state index in [1.54, 1.807) is 0 Å². The molecule has 0 aliphatic heterocycles. The van der Waals surface area contributed by atoms with E-state index in [0.717, 1.165) is 42.9 Å².